The van der Waals surface area contributed by atoms with E-state index in [1.807, 2.05) is 19.9 Å². The van der Waals surface area contributed by atoms with Crippen molar-refractivity contribution in [2.75, 3.05) is 5.32 Å². The first kappa shape index (κ1) is 15.2. The molecular formula is C15H16N2O3S. The van der Waals surface area contributed by atoms with Crippen LogP contribution in [0.25, 0.3) is 0 Å². The zero-order chi connectivity index (χ0) is 15.6. The fourth-order valence-electron chi connectivity index (χ4n) is 1.95. The summed E-state index contributed by atoms with van der Waals surface area (Å²) in [4.78, 5) is 12.2. The molecule has 0 saturated heterocycles. The molecule has 1 amide bonds. The van der Waals surface area contributed by atoms with Gasteiger partial charge < -0.3 is 5.32 Å². The van der Waals surface area contributed by atoms with Crippen molar-refractivity contribution in [3.05, 3.63) is 59.2 Å². The maximum atomic E-state index is 12.3. The van der Waals surface area contributed by atoms with Crippen LogP contribution in [0.15, 0.2) is 47.4 Å². The highest BCUT2D eigenvalue weighted by molar-refractivity contribution is 7.89. The highest BCUT2D eigenvalue weighted by Gasteiger charge is 2.12. The van der Waals surface area contributed by atoms with Crippen molar-refractivity contribution in [3.63, 3.8) is 0 Å². The molecule has 21 heavy (non-hydrogen) atoms. The van der Waals surface area contributed by atoms with Crippen molar-refractivity contribution < 1.29 is 13.2 Å². The van der Waals surface area contributed by atoms with Crippen molar-refractivity contribution in [3.8, 4) is 0 Å². The number of nitrogens with two attached hydrogens (primary N) is 1. The minimum atomic E-state index is -3.79. The number of anilines is 1. The summed E-state index contributed by atoms with van der Waals surface area (Å²) in [6, 6.07) is 11.3. The minimum absolute atomic E-state index is 0.0405. The van der Waals surface area contributed by atoms with Crippen LogP contribution in [0.3, 0.4) is 0 Å². The summed E-state index contributed by atoms with van der Waals surface area (Å²) < 4.78 is 22.6. The highest BCUT2D eigenvalue weighted by atomic mass is 32.2. The van der Waals surface area contributed by atoms with Crippen molar-refractivity contribution in [1.82, 2.24) is 0 Å². The van der Waals surface area contributed by atoms with E-state index in [-0.39, 0.29) is 10.8 Å². The lowest BCUT2D eigenvalue weighted by Crippen LogP contribution is -2.15. The van der Waals surface area contributed by atoms with Crippen molar-refractivity contribution in [2.45, 2.75) is 18.7 Å². The zero-order valence-corrected chi connectivity index (χ0v) is 12.6. The van der Waals surface area contributed by atoms with E-state index < -0.39 is 10.0 Å². The van der Waals surface area contributed by atoms with Crippen LogP contribution >= 0.6 is 0 Å². The summed E-state index contributed by atoms with van der Waals surface area (Å²) in [6.07, 6.45) is 0. The SMILES string of the molecule is Cc1cccc(C(=O)Nc2cccc(S(N)(=O)=O)c2)c1C. The average molecular weight is 304 g/mol. The van der Waals surface area contributed by atoms with E-state index in [9.17, 15) is 13.2 Å². The Morgan fingerprint density at radius 1 is 1.10 bits per heavy atom. The molecule has 3 N–H and O–H groups in total. The largest absolute Gasteiger partial charge is 0.322 e. The summed E-state index contributed by atoms with van der Waals surface area (Å²) >= 11 is 0. The normalized spacial score (nSPS) is 11.2. The number of hydrogen-bond acceptors (Lipinski definition) is 3. The number of nitrogens with one attached hydrogen (secondary N) is 1. The summed E-state index contributed by atoms with van der Waals surface area (Å²) in [5.74, 6) is -0.289. The second-order valence-electron chi connectivity index (χ2n) is 4.77. The van der Waals surface area contributed by atoms with Gasteiger partial charge in [-0.05, 0) is 49.2 Å². The fourth-order valence-corrected chi connectivity index (χ4v) is 2.51. The Morgan fingerprint density at radius 2 is 1.76 bits per heavy atom. The van der Waals surface area contributed by atoms with Crippen LogP contribution in [-0.4, -0.2) is 14.3 Å². The van der Waals surface area contributed by atoms with Crippen molar-refractivity contribution in [2.24, 2.45) is 5.14 Å². The fraction of sp³-hybridized carbons (Fsp3) is 0.133. The number of primary sulfonamides is 1. The molecular weight excluding hydrogens is 288 g/mol. The smallest absolute Gasteiger partial charge is 0.255 e. The maximum Gasteiger partial charge on any atom is 0.255 e. The zero-order valence-electron chi connectivity index (χ0n) is 11.8. The number of hydrogen-bond donors (Lipinski definition) is 2. The third-order valence-electron chi connectivity index (χ3n) is 3.27. The molecule has 0 unspecified atom stereocenters. The Balaban J connectivity index is 2.30. The van der Waals surface area contributed by atoms with Gasteiger partial charge in [0.1, 0.15) is 0 Å². The Bertz CT molecular complexity index is 798. The molecule has 0 radical (unpaired) electrons. The number of amides is 1. The second-order valence-corrected chi connectivity index (χ2v) is 6.34. The van der Waals surface area contributed by atoms with Gasteiger partial charge in [0, 0.05) is 11.3 Å². The third-order valence-corrected chi connectivity index (χ3v) is 4.18. The predicted octanol–water partition coefficient (Wildman–Crippen LogP) is 2.20. The summed E-state index contributed by atoms with van der Waals surface area (Å²) in [6.45, 7) is 3.79. The number of aryl methyl sites for hydroxylation is 1. The van der Waals surface area contributed by atoms with E-state index >= 15 is 0 Å². The lowest BCUT2D eigenvalue weighted by atomic mass is 10.0. The Hall–Kier alpha value is -2.18. The van der Waals surface area contributed by atoms with E-state index in [0.29, 0.717) is 11.3 Å². The standard InChI is InChI=1S/C15H16N2O3S/c1-10-5-3-8-14(11(10)2)15(18)17-12-6-4-7-13(9-12)21(16,19)20/h3-9H,1-2H3,(H,17,18)(H2,16,19,20). The maximum absolute atomic E-state index is 12.3. The third kappa shape index (κ3) is 3.48. The van der Waals surface area contributed by atoms with Crippen LogP contribution < -0.4 is 10.5 Å². The van der Waals surface area contributed by atoms with Gasteiger partial charge in [0.25, 0.3) is 5.91 Å². The van der Waals surface area contributed by atoms with Gasteiger partial charge in [0.05, 0.1) is 4.90 Å². The van der Waals surface area contributed by atoms with Gasteiger partial charge in [-0.15, -0.1) is 0 Å². The molecule has 0 aliphatic carbocycles. The van der Waals surface area contributed by atoms with Crippen LogP contribution in [0.5, 0.6) is 0 Å². The van der Waals surface area contributed by atoms with Gasteiger partial charge in [-0.3, -0.25) is 4.79 Å². The Kier molecular flexibility index (Phi) is 4.11. The topological polar surface area (TPSA) is 89.3 Å². The Morgan fingerprint density at radius 3 is 2.43 bits per heavy atom. The second kappa shape index (κ2) is 5.67. The van der Waals surface area contributed by atoms with E-state index in [0.717, 1.165) is 11.1 Å². The van der Waals surface area contributed by atoms with Crippen LogP contribution in [0.1, 0.15) is 21.5 Å². The predicted molar refractivity (Wildman–Crippen MR) is 81.7 cm³/mol. The van der Waals surface area contributed by atoms with E-state index in [1.165, 1.54) is 18.2 Å². The quantitative estimate of drug-likeness (QED) is 0.911. The van der Waals surface area contributed by atoms with Gasteiger partial charge in [-0.2, -0.15) is 0 Å². The molecule has 0 aliphatic heterocycles. The van der Waals surface area contributed by atoms with Crippen molar-refractivity contribution >= 4 is 21.6 Å². The number of rotatable bonds is 3. The van der Waals surface area contributed by atoms with Crippen LogP contribution in [0.4, 0.5) is 5.69 Å². The minimum Gasteiger partial charge on any atom is -0.322 e. The molecule has 0 bridgehead atoms. The monoisotopic (exact) mass is 304 g/mol. The van der Waals surface area contributed by atoms with E-state index in [1.54, 1.807) is 18.2 Å². The molecule has 2 aromatic carbocycles. The number of carbonyl (C=O) groups is 1. The lowest BCUT2D eigenvalue weighted by Gasteiger charge is -2.10. The first-order chi connectivity index (χ1) is 9.79. The molecule has 2 aromatic rings. The van der Waals surface area contributed by atoms with Gasteiger partial charge >= 0.3 is 0 Å². The van der Waals surface area contributed by atoms with E-state index in [2.05, 4.69) is 5.32 Å². The van der Waals surface area contributed by atoms with Gasteiger partial charge in [-0.1, -0.05) is 18.2 Å². The molecule has 2 rings (SSSR count). The molecule has 0 fully saturated rings. The number of benzene rings is 2. The van der Waals surface area contributed by atoms with E-state index in [4.69, 9.17) is 5.14 Å². The molecule has 0 atom stereocenters. The summed E-state index contributed by atoms with van der Waals surface area (Å²) in [7, 11) is -3.79. The number of carbonyl (C=O) groups excluding carboxylic acids is 1. The molecule has 6 heteroatoms. The molecule has 0 heterocycles. The van der Waals surface area contributed by atoms with Crippen molar-refractivity contribution in [1.29, 1.82) is 0 Å². The molecule has 0 aromatic heterocycles. The molecule has 0 aliphatic rings. The van der Waals surface area contributed by atoms with Crippen LogP contribution in [0.2, 0.25) is 0 Å². The number of sulfonamides is 1. The lowest BCUT2D eigenvalue weighted by molar-refractivity contribution is 0.102. The summed E-state index contributed by atoms with van der Waals surface area (Å²) in [5, 5.41) is 7.75. The first-order valence-corrected chi connectivity index (χ1v) is 7.84. The van der Waals surface area contributed by atoms with Gasteiger partial charge in [0.15, 0.2) is 0 Å². The van der Waals surface area contributed by atoms with Crippen LogP contribution in [0, 0.1) is 13.8 Å². The molecule has 0 spiro atoms. The highest BCUT2D eigenvalue weighted by Crippen LogP contribution is 2.17. The summed E-state index contributed by atoms with van der Waals surface area (Å²) in [5.41, 5.74) is 2.84. The Labute approximate surface area is 123 Å². The molecule has 0 saturated carbocycles. The molecule has 5 nitrogen and oxygen atoms in total. The van der Waals surface area contributed by atoms with Gasteiger partial charge in [-0.25, -0.2) is 13.6 Å². The average Bonchev–Trinajstić information content (AvgIpc) is 2.41. The molecule has 110 valence electrons. The van der Waals surface area contributed by atoms with Crippen LogP contribution in [-0.2, 0) is 10.0 Å². The van der Waals surface area contributed by atoms with Gasteiger partial charge in [0.2, 0.25) is 10.0 Å². The first-order valence-electron chi connectivity index (χ1n) is 6.29.